The summed E-state index contributed by atoms with van der Waals surface area (Å²) in [5.41, 5.74) is 7.86. The maximum Gasteiger partial charge on any atom is 0.328 e. The van der Waals surface area contributed by atoms with Gasteiger partial charge in [-0.3, -0.25) is 0 Å². The van der Waals surface area contributed by atoms with E-state index in [9.17, 15) is 9.90 Å². The number of phenolic OH excluding ortho intramolecular Hbond substituents is 2. The summed E-state index contributed by atoms with van der Waals surface area (Å²) in [4.78, 5) is 23.2. The first kappa shape index (κ1) is 23.1. The molecule has 7 N–H and O–H groups in total. The standard InChI is InChI=1S/C14H18N6O.C9H8O4/c15-14-18-12(17-9-2-3-9)11-13(19-14)20(7-16-11)10-4-1-8(5-10)6-21;10-7-3-1-6(5-8(7)11)2-4-9(12)13/h1,4,7-10,21H,2-3,5-6H2,(H3,15,17,18,19);1-5,10-11H,(H,12,13)/t8-,10+;/m1./s1. The Kier molecular flexibility index (Phi) is 6.64. The van der Waals surface area contributed by atoms with Crippen LogP contribution in [0.5, 0.6) is 11.5 Å². The molecule has 0 unspecified atom stereocenters. The van der Waals surface area contributed by atoms with E-state index in [1.807, 2.05) is 10.6 Å². The first-order chi connectivity index (χ1) is 16.3. The fraction of sp³-hybridized carbons (Fsp3) is 0.304. The van der Waals surface area contributed by atoms with Crippen molar-refractivity contribution in [2.24, 2.45) is 5.92 Å². The molecule has 0 spiro atoms. The van der Waals surface area contributed by atoms with Gasteiger partial charge < -0.3 is 36.0 Å². The number of imidazole rings is 1. The molecule has 178 valence electrons. The van der Waals surface area contributed by atoms with Crippen LogP contribution in [-0.4, -0.2) is 58.6 Å². The molecule has 0 saturated heterocycles. The summed E-state index contributed by atoms with van der Waals surface area (Å²) in [7, 11) is 0. The number of benzene rings is 1. The number of hydrogen-bond acceptors (Lipinski definition) is 9. The summed E-state index contributed by atoms with van der Waals surface area (Å²) in [5, 5.41) is 38.9. The van der Waals surface area contributed by atoms with Crippen LogP contribution in [0.25, 0.3) is 17.2 Å². The van der Waals surface area contributed by atoms with Crippen LogP contribution in [0.3, 0.4) is 0 Å². The molecule has 0 amide bonds. The fourth-order valence-corrected chi connectivity index (χ4v) is 3.60. The zero-order chi connectivity index (χ0) is 24.2. The first-order valence-corrected chi connectivity index (χ1v) is 10.8. The number of aliphatic carboxylic acids is 1. The molecular weight excluding hydrogens is 440 g/mol. The number of phenols is 2. The van der Waals surface area contributed by atoms with Gasteiger partial charge in [0.05, 0.1) is 12.4 Å². The molecule has 2 aromatic heterocycles. The molecule has 0 aliphatic heterocycles. The van der Waals surface area contributed by atoms with Crippen molar-refractivity contribution in [3.05, 3.63) is 48.3 Å². The highest BCUT2D eigenvalue weighted by molar-refractivity contribution is 5.85. The number of aliphatic hydroxyl groups excluding tert-OH is 1. The van der Waals surface area contributed by atoms with Crippen LogP contribution in [0.1, 0.15) is 30.9 Å². The van der Waals surface area contributed by atoms with Gasteiger partial charge in [0.25, 0.3) is 0 Å². The number of rotatable bonds is 6. The number of nitrogens with one attached hydrogen (secondary N) is 1. The number of aromatic nitrogens is 4. The number of fused-ring (bicyclic) bond motifs is 1. The highest BCUT2D eigenvalue weighted by Crippen LogP contribution is 2.32. The van der Waals surface area contributed by atoms with Gasteiger partial charge in [-0.05, 0) is 43.0 Å². The van der Waals surface area contributed by atoms with E-state index in [0.717, 1.165) is 42.3 Å². The average Bonchev–Trinajstić information content (AvgIpc) is 3.31. The SMILES string of the molecule is Nc1nc(NC2CC2)c2ncn([C@H]3C=C[C@@H](CO)C3)c2n1.O=C(O)C=Cc1ccc(O)c(O)c1. The van der Waals surface area contributed by atoms with Crippen LogP contribution >= 0.6 is 0 Å². The Hall–Kier alpha value is -4.12. The molecule has 2 aliphatic rings. The lowest BCUT2D eigenvalue weighted by atomic mass is 10.1. The van der Waals surface area contributed by atoms with E-state index in [4.69, 9.17) is 21.1 Å². The Bertz CT molecular complexity index is 1250. The number of aliphatic hydroxyl groups is 1. The third-order valence-corrected chi connectivity index (χ3v) is 5.52. The smallest absolute Gasteiger partial charge is 0.328 e. The molecule has 2 heterocycles. The van der Waals surface area contributed by atoms with Gasteiger partial charge in [-0.15, -0.1) is 0 Å². The number of carboxylic acids is 1. The Morgan fingerprint density at radius 2 is 2.00 bits per heavy atom. The number of aromatic hydroxyl groups is 2. The molecule has 5 rings (SSSR count). The van der Waals surface area contributed by atoms with Crippen LogP contribution in [0, 0.1) is 5.92 Å². The van der Waals surface area contributed by atoms with Crippen molar-refractivity contribution in [3.8, 4) is 11.5 Å². The molecule has 0 radical (unpaired) electrons. The number of nitrogen functional groups attached to an aromatic ring is 1. The van der Waals surface area contributed by atoms with Gasteiger partial charge in [0.2, 0.25) is 5.95 Å². The number of nitrogens with zero attached hydrogens (tertiary/aromatic N) is 4. The second-order valence-corrected chi connectivity index (χ2v) is 8.22. The molecule has 1 saturated carbocycles. The van der Waals surface area contributed by atoms with E-state index in [0.29, 0.717) is 11.6 Å². The molecule has 1 fully saturated rings. The number of carbonyl (C=O) groups is 1. The number of carboxylic acid groups (broad SMARTS) is 1. The fourth-order valence-electron chi connectivity index (χ4n) is 3.60. The molecule has 11 nitrogen and oxygen atoms in total. The molecule has 3 aromatic rings. The van der Waals surface area contributed by atoms with E-state index in [1.54, 1.807) is 6.33 Å². The Labute approximate surface area is 194 Å². The van der Waals surface area contributed by atoms with E-state index in [-0.39, 0.29) is 36.0 Å². The minimum Gasteiger partial charge on any atom is -0.504 e. The highest BCUT2D eigenvalue weighted by atomic mass is 16.4. The van der Waals surface area contributed by atoms with Crippen molar-refractivity contribution in [1.29, 1.82) is 0 Å². The molecule has 1 aromatic carbocycles. The maximum absolute atomic E-state index is 10.1. The van der Waals surface area contributed by atoms with E-state index >= 15 is 0 Å². The zero-order valence-corrected chi connectivity index (χ0v) is 18.2. The zero-order valence-electron chi connectivity index (χ0n) is 18.2. The van der Waals surface area contributed by atoms with E-state index < -0.39 is 5.97 Å². The van der Waals surface area contributed by atoms with Crippen LogP contribution in [0.15, 0.2) is 42.8 Å². The summed E-state index contributed by atoms with van der Waals surface area (Å²) in [5.74, 6) is -0.379. The Balaban J connectivity index is 0.000000182. The molecule has 11 heteroatoms. The van der Waals surface area contributed by atoms with Crippen LogP contribution < -0.4 is 11.1 Å². The second kappa shape index (κ2) is 9.79. The Morgan fingerprint density at radius 1 is 1.21 bits per heavy atom. The lowest BCUT2D eigenvalue weighted by Crippen LogP contribution is -2.10. The van der Waals surface area contributed by atoms with Crippen LogP contribution in [-0.2, 0) is 4.79 Å². The molecule has 2 atom stereocenters. The van der Waals surface area contributed by atoms with Crippen molar-refractivity contribution in [2.45, 2.75) is 31.3 Å². The molecule has 0 bridgehead atoms. The van der Waals surface area contributed by atoms with Crippen molar-refractivity contribution < 1.29 is 25.2 Å². The number of nitrogens with two attached hydrogens (primary N) is 1. The van der Waals surface area contributed by atoms with Crippen LogP contribution in [0.4, 0.5) is 11.8 Å². The topological polar surface area (TPSA) is 180 Å². The first-order valence-electron chi connectivity index (χ1n) is 10.8. The minimum absolute atomic E-state index is 0.162. The highest BCUT2D eigenvalue weighted by Gasteiger charge is 2.26. The van der Waals surface area contributed by atoms with Crippen LogP contribution in [0.2, 0.25) is 0 Å². The van der Waals surface area contributed by atoms with E-state index in [1.165, 1.54) is 24.3 Å². The number of hydrogen-bond donors (Lipinski definition) is 6. The van der Waals surface area contributed by atoms with Gasteiger partial charge in [0.1, 0.15) is 0 Å². The minimum atomic E-state index is -1.06. The molecule has 34 heavy (non-hydrogen) atoms. The Morgan fingerprint density at radius 3 is 2.65 bits per heavy atom. The largest absolute Gasteiger partial charge is 0.504 e. The maximum atomic E-state index is 10.1. The van der Waals surface area contributed by atoms with Gasteiger partial charge in [0, 0.05) is 24.6 Å². The molecule has 2 aliphatic carbocycles. The van der Waals surface area contributed by atoms with Gasteiger partial charge in [0.15, 0.2) is 28.5 Å². The lowest BCUT2D eigenvalue weighted by Gasteiger charge is -2.13. The molecular formula is C23H26N6O5. The third-order valence-electron chi connectivity index (χ3n) is 5.52. The van der Waals surface area contributed by atoms with Crippen molar-refractivity contribution in [1.82, 2.24) is 19.5 Å². The second-order valence-electron chi connectivity index (χ2n) is 8.22. The predicted molar refractivity (Wildman–Crippen MR) is 126 cm³/mol. The monoisotopic (exact) mass is 466 g/mol. The summed E-state index contributed by atoms with van der Waals surface area (Å²) >= 11 is 0. The summed E-state index contributed by atoms with van der Waals surface area (Å²) in [6.07, 6.45) is 11.4. The average molecular weight is 466 g/mol. The summed E-state index contributed by atoms with van der Waals surface area (Å²) < 4.78 is 2.01. The normalized spacial score (nSPS) is 19.3. The van der Waals surface area contributed by atoms with Gasteiger partial charge in [-0.25, -0.2) is 9.78 Å². The van der Waals surface area contributed by atoms with E-state index in [2.05, 4.69) is 26.3 Å². The van der Waals surface area contributed by atoms with Gasteiger partial charge in [-0.2, -0.15) is 9.97 Å². The van der Waals surface area contributed by atoms with Crippen molar-refractivity contribution >= 4 is 35.0 Å². The van der Waals surface area contributed by atoms with Gasteiger partial charge >= 0.3 is 5.97 Å². The lowest BCUT2D eigenvalue weighted by molar-refractivity contribution is -0.131. The quantitative estimate of drug-likeness (QED) is 0.179. The number of anilines is 2. The third kappa shape index (κ3) is 5.44. The van der Waals surface area contributed by atoms with Crippen molar-refractivity contribution in [3.63, 3.8) is 0 Å². The summed E-state index contributed by atoms with van der Waals surface area (Å²) in [6.45, 7) is 0.172. The summed E-state index contributed by atoms with van der Waals surface area (Å²) in [6, 6.07) is 4.70. The van der Waals surface area contributed by atoms with Gasteiger partial charge in [-0.1, -0.05) is 18.2 Å². The number of allylic oxidation sites excluding steroid dienone is 1. The predicted octanol–water partition coefficient (Wildman–Crippen LogP) is 2.29. The van der Waals surface area contributed by atoms with Crippen molar-refractivity contribution in [2.75, 3.05) is 17.7 Å².